The van der Waals surface area contributed by atoms with Crippen LogP contribution in [0.4, 0.5) is 5.82 Å². The second-order valence-electron chi connectivity index (χ2n) is 5.78. The zero-order chi connectivity index (χ0) is 15.8. The molecule has 3 aromatic rings. The molecular weight excluding hydrogens is 308 g/mol. The smallest absolute Gasteiger partial charge is 0.140 e. The van der Waals surface area contributed by atoms with Gasteiger partial charge in [-0.05, 0) is 25.5 Å². The number of thiazole rings is 1. The fraction of sp³-hybridized carbons (Fsp3) is 0.353. The minimum atomic E-state index is 0.112. The highest BCUT2D eigenvalue weighted by Crippen LogP contribution is 2.34. The van der Waals surface area contributed by atoms with E-state index in [1.165, 1.54) is 5.56 Å². The van der Waals surface area contributed by atoms with Crippen molar-refractivity contribution in [1.82, 2.24) is 15.0 Å². The first-order valence-corrected chi connectivity index (χ1v) is 8.59. The monoisotopic (exact) mass is 326 g/mol. The van der Waals surface area contributed by atoms with Crippen molar-refractivity contribution in [2.24, 2.45) is 0 Å². The summed E-state index contributed by atoms with van der Waals surface area (Å²) in [6.45, 7) is 6.27. The molecule has 2 aromatic heterocycles. The highest BCUT2D eigenvalue weighted by molar-refractivity contribution is 7.09. The topological polar surface area (TPSA) is 51.1 Å². The number of ether oxygens (including phenoxy) is 1. The molecule has 1 fully saturated rings. The molecule has 118 valence electrons. The maximum atomic E-state index is 5.71. The molecule has 0 bridgehead atoms. The average molecular weight is 326 g/mol. The lowest BCUT2D eigenvalue weighted by atomic mass is 10.1. The van der Waals surface area contributed by atoms with Crippen molar-refractivity contribution >= 4 is 28.1 Å². The van der Waals surface area contributed by atoms with Gasteiger partial charge in [0.2, 0.25) is 0 Å². The number of morpholine rings is 1. The number of hydrogen-bond donors (Lipinski definition) is 0. The summed E-state index contributed by atoms with van der Waals surface area (Å²) < 4.78 is 5.71. The number of hydrogen-bond acceptors (Lipinski definition) is 6. The SMILES string of the molecule is Cc1csc([C@H]2COCCN2c2ncnc3c(C)cccc23)n1. The quantitative estimate of drug-likeness (QED) is 0.723. The molecule has 0 aliphatic carbocycles. The van der Waals surface area contributed by atoms with Crippen LogP contribution >= 0.6 is 11.3 Å². The van der Waals surface area contributed by atoms with Crippen LogP contribution in [0.25, 0.3) is 10.9 Å². The fourth-order valence-corrected chi connectivity index (χ4v) is 3.93. The van der Waals surface area contributed by atoms with Crippen LogP contribution in [0.5, 0.6) is 0 Å². The van der Waals surface area contributed by atoms with Gasteiger partial charge in [-0.2, -0.15) is 0 Å². The van der Waals surface area contributed by atoms with Gasteiger partial charge in [0.15, 0.2) is 0 Å². The van der Waals surface area contributed by atoms with E-state index in [9.17, 15) is 0 Å². The Labute approximate surface area is 139 Å². The van der Waals surface area contributed by atoms with E-state index in [1.807, 2.05) is 6.92 Å². The number of nitrogens with zero attached hydrogens (tertiary/aromatic N) is 4. The maximum Gasteiger partial charge on any atom is 0.140 e. The first kappa shape index (κ1) is 14.5. The molecule has 0 radical (unpaired) electrons. The molecule has 1 aliphatic heterocycles. The van der Waals surface area contributed by atoms with Crippen LogP contribution in [-0.2, 0) is 4.74 Å². The van der Waals surface area contributed by atoms with Gasteiger partial charge in [-0.15, -0.1) is 11.3 Å². The molecular formula is C17H18N4OS. The van der Waals surface area contributed by atoms with E-state index in [0.717, 1.165) is 34.0 Å². The van der Waals surface area contributed by atoms with E-state index in [-0.39, 0.29) is 6.04 Å². The first-order valence-electron chi connectivity index (χ1n) is 7.71. The zero-order valence-corrected chi connectivity index (χ0v) is 14.0. The standard InChI is InChI=1S/C17H18N4OS/c1-11-4-3-5-13-15(11)18-10-19-16(13)21-6-7-22-8-14(21)17-20-12(2)9-23-17/h3-5,9-10,14H,6-8H2,1-2H3/t14-/m1/s1. The Morgan fingerprint density at radius 1 is 1.26 bits per heavy atom. The average Bonchev–Trinajstić information content (AvgIpc) is 3.01. The molecule has 1 saturated heterocycles. The Morgan fingerprint density at radius 2 is 2.17 bits per heavy atom. The molecule has 1 aromatic carbocycles. The summed E-state index contributed by atoms with van der Waals surface area (Å²) in [7, 11) is 0. The Balaban J connectivity index is 1.83. The van der Waals surface area contributed by atoms with E-state index in [4.69, 9.17) is 4.74 Å². The number of rotatable bonds is 2. The van der Waals surface area contributed by atoms with Gasteiger partial charge >= 0.3 is 0 Å². The number of fused-ring (bicyclic) bond motifs is 1. The van der Waals surface area contributed by atoms with Crippen molar-refractivity contribution in [3.63, 3.8) is 0 Å². The van der Waals surface area contributed by atoms with Crippen molar-refractivity contribution < 1.29 is 4.74 Å². The zero-order valence-electron chi connectivity index (χ0n) is 13.2. The van der Waals surface area contributed by atoms with Crippen molar-refractivity contribution in [3.8, 4) is 0 Å². The van der Waals surface area contributed by atoms with Crippen molar-refractivity contribution in [2.45, 2.75) is 19.9 Å². The molecule has 6 heteroatoms. The maximum absolute atomic E-state index is 5.71. The molecule has 0 spiro atoms. The largest absolute Gasteiger partial charge is 0.377 e. The molecule has 1 atom stereocenters. The van der Waals surface area contributed by atoms with Gasteiger partial charge in [0.05, 0.1) is 18.7 Å². The number of benzene rings is 1. The van der Waals surface area contributed by atoms with Gasteiger partial charge in [-0.1, -0.05) is 12.1 Å². The molecule has 0 unspecified atom stereocenters. The normalized spacial score (nSPS) is 18.5. The summed E-state index contributed by atoms with van der Waals surface area (Å²) in [5.41, 5.74) is 3.23. The van der Waals surface area contributed by atoms with E-state index in [2.05, 4.69) is 50.4 Å². The Hall–Kier alpha value is -2.05. The van der Waals surface area contributed by atoms with Gasteiger partial charge in [0.25, 0.3) is 0 Å². The van der Waals surface area contributed by atoms with Crippen LogP contribution in [0, 0.1) is 13.8 Å². The third kappa shape index (κ3) is 2.58. The Kier molecular flexibility index (Phi) is 3.71. The highest BCUT2D eigenvalue weighted by atomic mass is 32.1. The number of para-hydroxylation sites is 1. The van der Waals surface area contributed by atoms with Gasteiger partial charge in [0, 0.05) is 23.0 Å². The van der Waals surface area contributed by atoms with Gasteiger partial charge in [-0.3, -0.25) is 0 Å². The summed E-state index contributed by atoms with van der Waals surface area (Å²) in [6.07, 6.45) is 1.66. The molecule has 0 amide bonds. The van der Waals surface area contributed by atoms with E-state index in [0.29, 0.717) is 13.2 Å². The van der Waals surface area contributed by atoms with E-state index < -0.39 is 0 Å². The number of anilines is 1. The molecule has 1 aliphatic rings. The number of aromatic nitrogens is 3. The minimum absolute atomic E-state index is 0.112. The van der Waals surface area contributed by atoms with Crippen LogP contribution < -0.4 is 4.90 Å². The second kappa shape index (κ2) is 5.86. The summed E-state index contributed by atoms with van der Waals surface area (Å²) in [5.74, 6) is 0.972. The van der Waals surface area contributed by atoms with Gasteiger partial charge < -0.3 is 9.64 Å². The van der Waals surface area contributed by atoms with Crippen LogP contribution in [0.3, 0.4) is 0 Å². The minimum Gasteiger partial charge on any atom is -0.377 e. The lowest BCUT2D eigenvalue weighted by Crippen LogP contribution is -2.40. The predicted octanol–water partition coefficient (Wildman–Crippen LogP) is 3.28. The number of aryl methyl sites for hydroxylation is 2. The van der Waals surface area contributed by atoms with Crippen LogP contribution in [0.1, 0.15) is 22.3 Å². The summed E-state index contributed by atoms with van der Waals surface area (Å²) in [5, 5.41) is 4.26. The molecule has 0 N–H and O–H groups in total. The third-order valence-electron chi connectivity index (χ3n) is 4.17. The molecule has 4 rings (SSSR count). The van der Waals surface area contributed by atoms with Gasteiger partial charge in [0.1, 0.15) is 23.2 Å². The van der Waals surface area contributed by atoms with Crippen molar-refractivity contribution in [1.29, 1.82) is 0 Å². The van der Waals surface area contributed by atoms with E-state index in [1.54, 1.807) is 17.7 Å². The van der Waals surface area contributed by atoms with Crippen LogP contribution in [0.2, 0.25) is 0 Å². The summed E-state index contributed by atoms with van der Waals surface area (Å²) in [4.78, 5) is 16.0. The second-order valence-corrected chi connectivity index (χ2v) is 6.67. The predicted molar refractivity (Wildman–Crippen MR) is 92.0 cm³/mol. The Bertz CT molecular complexity index is 847. The van der Waals surface area contributed by atoms with E-state index >= 15 is 0 Å². The molecule has 3 heterocycles. The lowest BCUT2D eigenvalue weighted by molar-refractivity contribution is 0.0937. The molecule has 23 heavy (non-hydrogen) atoms. The molecule has 0 saturated carbocycles. The first-order chi connectivity index (χ1) is 11.2. The third-order valence-corrected chi connectivity index (χ3v) is 5.23. The summed E-state index contributed by atoms with van der Waals surface area (Å²) in [6, 6.07) is 6.35. The van der Waals surface area contributed by atoms with Crippen molar-refractivity contribution in [2.75, 3.05) is 24.7 Å². The van der Waals surface area contributed by atoms with Gasteiger partial charge in [-0.25, -0.2) is 15.0 Å². The van der Waals surface area contributed by atoms with Crippen LogP contribution in [0.15, 0.2) is 29.9 Å². The summed E-state index contributed by atoms with van der Waals surface area (Å²) >= 11 is 1.69. The fourth-order valence-electron chi connectivity index (χ4n) is 3.04. The Morgan fingerprint density at radius 3 is 3.00 bits per heavy atom. The lowest BCUT2D eigenvalue weighted by Gasteiger charge is -2.35. The van der Waals surface area contributed by atoms with Crippen molar-refractivity contribution in [3.05, 3.63) is 46.2 Å². The van der Waals surface area contributed by atoms with Crippen LogP contribution in [-0.4, -0.2) is 34.7 Å². The molecule has 5 nitrogen and oxygen atoms in total. The highest BCUT2D eigenvalue weighted by Gasteiger charge is 2.29.